The molecule has 0 fully saturated rings. The molecule has 0 radical (unpaired) electrons. The molecule has 180 valence electrons. The van der Waals surface area contributed by atoms with E-state index in [2.05, 4.69) is 34.3 Å². The topological polar surface area (TPSA) is 18.5 Å². The lowest BCUT2D eigenvalue weighted by Crippen LogP contribution is -2.15. The summed E-state index contributed by atoms with van der Waals surface area (Å²) in [5.41, 5.74) is 1.09. The fraction of sp³-hybridized carbons (Fsp3) is 0.929. The van der Waals surface area contributed by atoms with Crippen LogP contribution >= 0.6 is 0 Å². The molecule has 0 aliphatic carbocycles. The highest BCUT2D eigenvalue weighted by atomic mass is 16.5. The maximum absolute atomic E-state index is 6.06. The SMILES string of the molecule is C=C(COCC(CCCCC)CCCCC)COCC(CCCCC)CCCCC. The highest BCUT2D eigenvalue weighted by Gasteiger charge is 2.11. The second-order valence-electron chi connectivity index (χ2n) is 9.50. The smallest absolute Gasteiger partial charge is 0.0696 e. The Hall–Kier alpha value is -0.340. The molecule has 0 spiro atoms. The van der Waals surface area contributed by atoms with Crippen molar-refractivity contribution < 1.29 is 9.47 Å². The summed E-state index contributed by atoms with van der Waals surface area (Å²) in [6, 6.07) is 0. The van der Waals surface area contributed by atoms with E-state index >= 15 is 0 Å². The molecule has 0 atom stereocenters. The molecule has 0 heterocycles. The van der Waals surface area contributed by atoms with E-state index in [4.69, 9.17) is 9.47 Å². The number of hydrogen-bond donors (Lipinski definition) is 0. The summed E-state index contributed by atoms with van der Waals surface area (Å²) in [5, 5.41) is 0. The molecule has 0 bridgehead atoms. The van der Waals surface area contributed by atoms with Gasteiger partial charge < -0.3 is 9.47 Å². The number of ether oxygens (including phenoxy) is 2. The van der Waals surface area contributed by atoms with Crippen molar-refractivity contribution in [2.24, 2.45) is 11.8 Å². The van der Waals surface area contributed by atoms with Crippen LogP contribution in [0.5, 0.6) is 0 Å². The molecule has 0 aromatic rings. The minimum absolute atomic E-state index is 0.661. The Kier molecular flexibility index (Phi) is 23.1. The van der Waals surface area contributed by atoms with Crippen molar-refractivity contribution in [2.75, 3.05) is 26.4 Å². The van der Waals surface area contributed by atoms with Gasteiger partial charge in [0.25, 0.3) is 0 Å². The van der Waals surface area contributed by atoms with Crippen molar-refractivity contribution in [1.82, 2.24) is 0 Å². The molecule has 2 nitrogen and oxygen atoms in total. The predicted molar refractivity (Wildman–Crippen MR) is 134 cm³/mol. The van der Waals surface area contributed by atoms with Gasteiger partial charge in [0.05, 0.1) is 13.2 Å². The quantitative estimate of drug-likeness (QED) is 0.114. The fourth-order valence-electron chi connectivity index (χ4n) is 4.14. The first-order valence-corrected chi connectivity index (χ1v) is 13.5. The Morgan fingerprint density at radius 1 is 0.533 bits per heavy atom. The molecule has 30 heavy (non-hydrogen) atoms. The average molecular weight is 425 g/mol. The largest absolute Gasteiger partial charge is 0.377 e. The van der Waals surface area contributed by atoms with Crippen molar-refractivity contribution in [1.29, 1.82) is 0 Å². The first-order valence-electron chi connectivity index (χ1n) is 13.5. The van der Waals surface area contributed by atoms with Gasteiger partial charge in [-0.25, -0.2) is 0 Å². The lowest BCUT2D eigenvalue weighted by atomic mass is 9.96. The predicted octanol–water partition coefficient (Wildman–Crippen LogP) is 9.13. The van der Waals surface area contributed by atoms with Gasteiger partial charge in [0.1, 0.15) is 0 Å². The number of unbranched alkanes of at least 4 members (excludes halogenated alkanes) is 8. The van der Waals surface area contributed by atoms with Crippen LogP contribution in [-0.2, 0) is 9.47 Å². The highest BCUT2D eigenvalue weighted by molar-refractivity contribution is 4.94. The van der Waals surface area contributed by atoms with Gasteiger partial charge in [-0.1, -0.05) is 111 Å². The summed E-state index contributed by atoms with van der Waals surface area (Å²) in [6.45, 7) is 16.4. The van der Waals surface area contributed by atoms with Crippen molar-refractivity contribution in [3.63, 3.8) is 0 Å². The molecule has 0 saturated carbocycles. The molecule has 0 amide bonds. The third-order valence-electron chi connectivity index (χ3n) is 6.18. The minimum atomic E-state index is 0.661. The Labute approximate surface area is 190 Å². The summed E-state index contributed by atoms with van der Waals surface area (Å²) >= 11 is 0. The van der Waals surface area contributed by atoms with Gasteiger partial charge in [0.15, 0.2) is 0 Å². The zero-order chi connectivity index (χ0) is 22.3. The zero-order valence-corrected chi connectivity index (χ0v) is 21.3. The Morgan fingerprint density at radius 2 is 0.833 bits per heavy atom. The Bertz CT molecular complexity index is 301. The maximum atomic E-state index is 6.06. The summed E-state index contributed by atoms with van der Waals surface area (Å²) in [5.74, 6) is 1.44. The van der Waals surface area contributed by atoms with E-state index in [1.807, 2.05) is 0 Å². The summed E-state index contributed by atoms with van der Waals surface area (Å²) < 4.78 is 12.1. The van der Waals surface area contributed by atoms with Crippen LogP contribution < -0.4 is 0 Å². The van der Waals surface area contributed by atoms with Crippen molar-refractivity contribution in [2.45, 2.75) is 130 Å². The second-order valence-corrected chi connectivity index (χ2v) is 9.50. The van der Waals surface area contributed by atoms with Gasteiger partial charge in [-0.3, -0.25) is 0 Å². The molecule has 0 rings (SSSR count). The lowest BCUT2D eigenvalue weighted by molar-refractivity contribution is 0.0782. The van der Waals surface area contributed by atoms with E-state index in [1.165, 1.54) is 103 Å². The standard InChI is InChI=1S/C28H56O2/c1-6-10-14-18-27(19-15-11-7-2)24-29-22-26(5)23-30-25-28(20-16-12-8-3)21-17-13-9-4/h27-28H,5-25H2,1-4H3. The van der Waals surface area contributed by atoms with Gasteiger partial charge in [-0.2, -0.15) is 0 Å². The monoisotopic (exact) mass is 424 g/mol. The molecule has 0 aliphatic rings. The van der Waals surface area contributed by atoms with E-state index in [-0.39, 0.29) is 0 Å². The number of hydrogen-bond acceptors (Lipinski definition) is 2. The van der Waals surface area contributed by atoms with E-state index in [1.54, 1.807) is 0 Å². The third-order valence-corrected chi connectivity index (χ3v) is 6.18. The molecule has 0 unspecified atom stereocenters. The first kappa shape index (κ1) is 29.7. The normalized spacial score (nSPS) is 11.7. The van der Waals surface area contributed by atoms with Crippen molar-refractivity contribution >= 4 is 0 Å². The minimum Gasteiger partial charge on any atom is -0.377 e. The van der Waals surface area contributed by atoms with Crippen LogP contribution in [0.1, 0.15) is 130 Å². The maximum Gasteiger partial charge on any atom is 0.0696 e. The Morgan fingerprint density at radius 3 is 1.10 bits per heavy atom. The summed E-state index contributed by atoms with van der Waals surface area (Å²) in [4.78, 5) is 0. The molecular weight excluding hydrogens is 368 g/mol. The third kappa shape index (κ3) is 19.6. The van der Waals surface area contributed by atoms with Crippen molar-refractivity contribution in [3.8, 4) is 0 Å². The first-order chi connectivity index (χ1) is 14.7. The highest BCUT2D eigenvalue weighted by Crippen LogP contribution is 2.20. The van der Waals surface area contributed by atoms with E-state index in [0.29, 0.717) is 13.2 Å². The van der Waals surface area contributed by atoms with E-state index < -0.39 is 0 Å². The van der Waals surface area contributed by atoms with Gasteiger partial charge in [-0.05, 0) is 43.1 Å². The zero-order valence-electron chi connectivity index (χ0n) is 21.3. The molecule has 0 aliphatic heterocycles. The van der Waals surface area contributed by atoms with E-state index in [0.717, 1.165) is 30.6 Å². The van der Waals surface area contributed by atoms with Crippen LogP contribution in [0.15, 0.2) is 12.2 Å². The molecule has 0 aromatic heterocycles. The molecule has 0 N–H and O–H groups in total. The second kappa shape index (κ2) is 23.3. The van der Waals surface area contributed by atoms with Crippen LogP contribution in [0.25, 0.3) is 0 Å². The van der Waals surface area contributed by atoms with Gasteiger partial charge in [-0.15, -0.1) is 0 Å². The van der Waals surface area contributed by atoms with Crippen LogP contribution in [0, 0.1) is 11.8 Å². The van der Waals surface area contributed by atoms with Crippen LogP contribution in [0.4, 0.5) is 0 Å². The molecule has 0 aromatic carbocycles. The van der Waals surface area contributed by atoms with Crippen LogP contribution in [0.3, 0.4) is 0 Å². The molecule has 2 heteroatoms. The van der Waals surface area contributed by atoms with Crippen LogP contribution in [0.2, 0.25) is 0 Å². The van der Waals surface area contributed by atoms with Gasteiger partial charge in [0, 0.05) is 13.2 Å². The molecule has 0 saturated heterocycles. The average Bonchev–Trinajstić information content (AvgIpc) is 2.73. The molecular formula is C28H56O2. The summed E-state index contributed by atoms with van der Waals surface area (Å²) in [7, 11) is 0. The fourth-order valence-corrected chi connectivity index (χ4v) is 4.14. The van der Waals surface area contributed by atoms with Crippen molar-refractivity contribution in [3.05, 3.63) is 12.2 Å². The summed E-state index contributed by atoms with van der Waals surface area (Å²) in [6.07, 6.45) is 21.2. The van der Waals surface area contributed by atoms with Gasteiger partial charge in [0.2, 0.25) is 0 Å². The Balaban J connectivity index is 4.06. The lowest BCUT2D eigenvalue weighted by Gasteiger charge is -2.19. The van der Waals surface area contributed by atoms with E-state index in [9.17, 15) is 0 Å². The number of rotatable bonds is 24. The van der Waals surface area contributed by atoms with Gasteiger partial charge >= 0.3 is 0 Å². The van der Waals surface area contributed by atoms with Crippen LogP contribution in [-0.4, -0.2) is 26.4 Å².